The smallest absolute Gasteiger partial charge is 0.410 e. The van der Waals surface area contributed by atoms with Crippen LogP contribution in [0.5, 0.6) is 0 Å². The molecule has 29 heavy (non-hydrogen) atoms. The second-order valence-corrected chi connectivity index (χ2v) is 9.68. The van der Waals surface area contributed by atoms with Gasteiger partial charge in [-0.25, -0.2) is 9.59 Å². The van der Waals surface area contributed by atoms with Gasteiger partial charge in [-0.2, -0.15) is 0 Å². The molecule has 2 fully saturated rings. The molecule has 3 atom stereocenters. The largest absolute Gasteiger partial charge is 0.479 e. The third-order valence-corrected chi connectivity index (χ3v) is 5.92. The SMILES string of the molecule is CC(C)(C)OC(=O)N1CCCCC1C(=O)N[C@]1(C(=O)O)C[C@@H]1c1ccc(Br)cc1. The lowest BCUT2D eigenvalue weighted by molar-refractivity contribution is -0.144. The van der Waals surface area contributed by atoms with Crippen LogP contribution in [0.2, 0.25) is 0 Å². The standard InChI is InChI=1S/C21H27BrN2O5/c1-20(2,3)29-19(28)24-11-5-4-6-16(24)17(25)23-21(18(26)27)12-15(21)13-7-9-14(22)10-8-13/h7-10,15-16H,4-6,11-12H2,1-3H3,(H,23,25)(H,26,27)/t15-,16?,21-/m1/s1. The molecular formula is C21H27BrN2O5. The van der Waals surface area contributed by atoms with Gasteiger partial charge in [0.15, 0.2) is 0 Å². The molecule has 7 nitrogen and oxygen atoms in total. The van der Waals surface area contributed by atoms with Crippen molar-refractivity contribution < 1.29 is 24.2 Å². The average Bonchev–Trinajstić information content (AvgIpc) is 3.36. The first-order valence-corrected chi connectivity index (χ1v) is 10.6. The predicted molar refractivity (Wildman–Crippen MR) is 111 cm³/mol. The van der Waals surface area contributed by atoms with Crippen LogP contribution in [0.25, 0.3) is 0 Å². The summed E-state index contributed by atoms with van der Waals surface area (Å²) in [6.45, 7) is 5.74. The van der Waals surface area contributed by atoms with Crippen molar-refractivity contribution >= 4 is 33.9 Å². The molecule has 1 aromatic rings. The minimum Gasteiger partial charge on any atom is -0.479 e. The summed E-state index contributed by atoms with van der Waals surface area (Å²) in [6.07, 6.45) is 1.86. The van der Waals surface area contributed by atoms with Gasteiger partial charge in [-0.15, -0.1) is 0 Å². The maximum Gasteiger partial charge on any atom is 0.410 e. The van der Waals surface area contributed by atoms with Gasteiger partial charge in [-0.05, 0) is 64.2 Å². The fraction of sp³-hybridized carbons (Fsp3) is 0.571. The van der Waals surface area contributed by atoms with E-state index in [1.165, 1.54) is 4.90 Å². The van der Waals surface area contributed by atoms with Gasteiger partial charge >= 0.3 is 12.1 Å². The summed E-state index contributed by atoms with van der Waals surface area (Å²) >= 11 is 3.37. The van der Waals surface area contributed by atoms with Gasteiger partial charge in [-0.3, -0.25) is 9.69 Å². The Morgan fingerprint density at radius 3 is 2.45 bits per heavy atom. The summed E-state index contributed by atoms with van der Waals surface area (Å²) in [7, 11) is 0. The molecule has 158 valence electrons. The molecule has 8 heteroatoms. The summed E-state index contributed by atoms with van der Waals surface area (Å²) in [6, 6.07) is 6.71. The molecular weight excluding hydrogens is 440 g/mol. The minimum atomic E-state index is -1.33. The van der Waals surface area contributed by atoms with Crippen LogP contribution in [0.15, 0.2) is 28.7 Å². The van der Waals surface area contributed by atoms with Gasteiger partial charge in [0.05, 0.1) is 0 Å². The van der Waals surface area contributed by atoms with Crippen molar-refractivity contribution in [2.45, 2.75) is 69.6 Å². The van der Waals surface area contributed by atoms with Gasteiger partial charge in [0.2, 0.25) is 5.91 Å². The Labute approximate surface area is 178 Å². The topological polar surface area (TPSA) is 95.9 Å². The lowest BCUT2D eigenvalue weighted by atomic mass is 10.0. The third kappa shape index (κ3) is 4.74. The van der Waals surface area contributed by atoms with Crippen LogP contribution in [-0.4, -0.2) is 51.7 Å². The highest BCUT2D eigenvalue weighted by molar-refractivity contribution is 9.10. The van der Waals surface area contributed by atoms with E-state index in [1.807, 2.05) is 24.3 Å². The van der Waals surface area contributed by atoms with E-state index in [4.69, 9.17) is 4.74 Å². The Morgan fingerprint density at radius 2 is 1.86 bits per heavy atom. The van der Waals surface area contributed by atoms with Crippen molar-refractivity contribution in [3.8, 4) is 0 Å². The number of nitrogens with one attached hydrogen (secondary N) is 1. The van der Waals surface area contributed by atoms with E-state index >= 15 is 0 Å². The Hall–Kier alpha value is -2.09. The van der Waals surface area contributed by atoms with E-state index in [1.54, 1.807) is 20.8 Å². The highest BCUT2D eigenvalue weighted by Crippen LogP contribution is 2.52. The van der Waals surface area contributed by atoms with E-state index in [2.05, 4.69) is 21.2 Å². The number of likely N-dealkylation sites (tertiary alicyclic amines) is 1. The predicted octanol–water partition coefficient (Wildman–Crippen LogP) is 3.67. The molecule has 1 unspecified atom stereocenters. The Bertz CT molecular complexity index is 804. The summed E-state index contributed by atoms with van der Waals surface area (Å²) in [4.78, 5) is 39.1. The third-order valence-electron chi connectivity index (χ3n) is 5.39. The molecule has 0 radical (unpaired) electrons. The molecule has 2 amide bonds. The number of ether oxygens (including phenoxy) is 1. The van der Waals surface area contributed by atoms with Gasteiger partial charge in [-0.1, -0.05) is 28.1 Å². The number of aliphatic carboxylic acids is 1. The van der Waals surface area contributed by atoms with Crippen LogP contribution >= 0.6 is 15.9 Å². The highest BCUT2D eigenvalue weighted by atomic mass is 79.9. The maximum absolute atomic E-state index is 13.0. The van der Waals surface area contributed by atoms with Crippen LogP contribution in [0, 0.1) is 0 Å². The number of hydrogen-bond acceptors (Lipinski definition) is 4. The summed E-state index contributed by atoms with van der Waals surface area (Å²) < 4.78 is 6.34. The van der Waals surface area contributed by atoms with Crippen LogP contribution in [-0.2, 0) is 14.3 Å². The van der Waals surface area contributed by atoms with Crippen LogP contribution < -0.4 is 5.32 Å². The molecule has 1 aromatic carbocycles. The van der Waals surface area contributed by atoms with E-state index in [9.17, 15) is 19.5 Å². The number of carbonyl (C=O) groups excluding carboxylic acids is 2. The van der Waals surface area contributed by atoms with E-state index in [0.29, 0.717) is 19.4 Å². The van der Waals surface area contributed by atoms with Crippen molar-refractivity contribution in [3.63, 3.8) is 0 Å². The minimum absolute atomic E-state index is 0.296. The Morgan fingerprint density at radius 1 is 1.21 bits per heavy atom. The van der Waals surface area contributed by atoms with Crippen LogP contribution in [0.3, 0.4) is 0 Å². The second-order valence-electron chi connectivity index (χ2n) is 8.76. The number of carboxylic acid groups (broad SMARTS) is 1. The number of hydrogen-bond donors (Lipinski definition) is 2. The lowest BCUT2D eigenvalue weighted by Crippen LogP contribution is -2.56. The summed E-state index contributed by atoms with van der Waals surface area (Å²) in [5.74, 6) is -1.79. The van der Waals surface area contributed by atoms with Gasteiger partial charge in [0.1, 0.15) is 17.2 Å². The van der Waals surface area contributed by atoms with E-state index < -0.39 is 35.2 Å². The van der Waals surface area contributed by atoms with E-state index in [0.717, 1.165) is 22.9 Å². The van der Waals surface area contributed by atoms with Gasteiger partial charge in [0.25, 0.3) is 0 Å². The number of carbonyl (C=O) groups is 3. The first kappa shape index (κ1) is 21.6. The number of carboxylic acids is 1. The number of benzene rings is 1. The number of halogens is 1. The molecule has 1 aliphatic heterocycles. The number of piperidine rings is 1. The van der Waals surface area contributed by atoms with Crippen LogP contribution in [0.4, 0.5) is 4.79 Å². The molecule has 0 bridgehead atoms. The molecule has 1 saturated carbocycles. The van der Waals surface area contributed by atoms with Crippen molar-refractivity contribution in [2.75, 3.05) is 6.54 Å². The lowest BCUT2D eigenvalue weighted by Gasteiger charge is -2.36. The zero-order valence-electron chi connectivity index (χ0n) is 16.9. The van der Waals surface area contributed by atoms with Crippen molar-refractivity contribution in [1.29, 1.82) is 0 Å². The molecule has 3 rings (SSSR count). The fourth-order valence-corrected chi connectivity index (χ4v) is 4.10. The summed E-state index contributed by atoms with van der Waals surface area (Å²) in [5.41, 5.74) is -1.13. The average molecular weight is 467 g/mol. The zero-order valence-corrected chi connectivity index (χ0v) is 18.5. The molecule has 1 heterocycles. The Kier molecular flexibility index (Phi) is 5.94. The first-order chi connectivity index (χ1) is 13.5. The van der Waals surface area contributed by atoms with Crippen molar-refractivity contribution in [3.05, 3.63) is 34.3 Å². The van der Waals surface area contributed by atoms with Gasteiger partial charge < -0.3 is 15.2 Å². The molecule has 0 spiro atoms. The normalized spacial score (nSPS) is 26.6. The zero-order chi connectivity index (χ0) is 21.4. The highest BCUT2D eigenvalue weighted by Gasteiger charge is 2.62. The second kappa shape index (κ2) is 7.97. The molecule has 1 saturated heterocycles. The quantitative estimate of drug-likeness (QED) is 0.705. The van der Waals surface area contributed by atoms with Crippen molar-refractivity contribution in [1.82, 2.24) is 10.2 Å². The molecule has 2 N–H and O–H groups in total. The van der Waals surface area contributed by atoms with E-state index in [-0.39, 0.29) is 5.92 Å². The van der Waals surface area contributed by atoms with Crippen LogP contribution in [0.1, 0.15) is 57.9 Å². The fourth-order valence-electron chi connectivity index (χ4n) is 3.83. The number of nitrogens with zero attached hydrogens (tertiary/aromatic N) is 1. The number of rotatable bonds is 4. The first-order valence-electron chi connectivity index (χ1n) is 9.84. The monoisotopic (exact) mass is 466 g/mol. The number of amides is 2. The maximum atomic E-state index is 13.0. The molecule has 1 aliphatic carbocycles. The Balaban J connectivity index is 1.75. The van der Waals surface area contributed by atoms with Gasteiger partial charge in [0, 0.05) is 16.9 Å². The van der Waals surface area contributed by atoms with Crippen molar-refractivity contribution in [2.24, 2.45) is 0 Å². The summed E-state index contributed by atoms with van der Waals surface area (Å²) in [5, 5.41) is 12.6. The molecule has 0 aromatic heterocycles. The molecule has 2 aliphatic rings.